The lowest BCUT2D eigenvalue weighted by molar-refractivity contribution is 0.986. The van der Waals surface area contributed by atoms with Gasteiger partial charge < -0.3 is 0 Å². The van der Waals surface area contributed by atoms with E-state index in [1.54, 1.807) is 0 Å². The minimum absolute atomic E-state index is 0.690. The molecule has 0 saturated heterocycles. The van der Waals surface area contributed by atoms with E-state index in [0.29, 0.717) is 11.1 Å². The highest BCUT2D eigenvalue weighted by Crippen LogP contribution is 2.37. The molecule has 0 nitrogen and oxygen atoms in total. The second-order valence-corrected chi connectivity index (χ2v) is 9.45. The van der Waals surface area contributed by atoms with Crippen LogP contribution in [0.25, 0.3) is 0 Å². The van der Waals surface area contributed by atoms with E-state index < -0.39 is 8.07 Å². The Kier molecular flexibility index (Phi) is 4.54. The van der Waals surface area contributed by atoms with Crippen molar-refractivity contribution in [2.75, 3.05) is 0 Å². The highest BCUT2D eigenvalue weighted by molar-refractivity contribution is 6.82. The van der Waals surface area contributed by atoms with E-state index >= 15 is 0 Å². The highest BCUT2D eigenvalue weighted by atomic mass is 28.3. The second-order valence-electron chi connectivity index (χ2n) is 3.91. The Labute approximate surface area is 78.4 Å². The summed E-state index contributed by atoms with van der Waals surface area (Å²) in [6.45, 7) is 17.1. The quantitative estimate of drug-likeness (QED) is 0.441. The number of allylic oxidation sites excluding steroid dienone is 2. The number of rotatable bonds is 5. The van der Waals surface area contributed by atoms with E-state index in [1.165, 1.54) is 6.04 Å². The molecule has 0 aromatic heterocycles. The molecule has 0 aliphatic rings. The molecule has 0 bridgehead atoms. The molecular weight excluding hydrogens is 160 g/mol. The molecular formula is C11H22Si. The van der Waals surface area contributed by atoms with Gasteiger partial charge in [0.2, 0.25) is 0 Å². The Morgan fingerprint density at radius 3 is 1.67 bits per heavy atom. The smallest absolute Gasteiger partial charge is 0.0633 e. The summed E-state index contributed by atoms with van der Waals surface area (Å²) in [6, 6.07) is 1.31. The van der Waals surface area contributed by atoms with Gasteiger partial charge in [-0.1, -0.05) is 45.5 Å². The first-order valence-electron chi connectivity index (χ1n) is 4.78. The zero-order valence-corrected chi connectivity index (χ0v) is 9.93. The molecule has 2 unspecified atom stereocenters. The van der Waals surface area contributed by atoms with Crippen LogP contribution >= 0.6 is 0 Å². The van der Waals surface area contributed by atoms with Crippen molar-refractivity contribution in [1.29, 1.82) is 0 Å². The van der Waals surface area contributed by atoms with Crippen molar-refractivity contribution in [1.82, 2.24) is 0 Å². The van der Waals surface area contributed by atoms with Crippen LogP contribution < -0.4 is 0 Å². The molecule has 1 heteroatoms. The summed E-state index contributed by atoms with van der Waals surface area (Å²) in [4.78, 5) is 0. The van der Waals surface area contributed by atoms with E-state index in [1.807, 2.05) is 0 Å². The van der Waals surface area contributed by atoms with Crippen LogP contribution in [0.2, 0.25) is 23.7 Å². The Morgan fingerprint density at radius 1 is 1.17 bits per heavy atom. The molecule has 0 radical (unpaired) electrons. The van der Waals surface area contributed by atoms with Gasteiger partial charge in [-0.2, -0.15) is 0 Å². The minimum atomic E-state index is -1.17. The lowest BCUT2D eigenvalue weighted by Gasteiger charge is -2.35. The molecule has 0 N–H and O–H groups in total. The molecule has 0 aliphatic carbocycles. The van der Waals surface area contributed by atoms with Crippen LogP contribution in [0, 0.1) is 0 Å². The maximum Gasteiger partial charge on any atom is 0.0633 e. The van der Waals surface area contributed by atoms with Crippen LogP contribution in [0.15, 0.2) is 25.3 Å². The van der Waals surface area contributed by atoms with Gasteiger partial charge in [-0.05, 0) is 11.1 Å². The summed E-state index contributed by atoms with van der Waals surface area (Å²) < 4.78 is 0. The van der Waals surface area contributed by atoms with Crippen molar-refractivity contribution in [3.63, 3.8) is 0 Å². The van der Waals surface area contributed by atoms with Gasteiger partial charge in [-0.15, -0.1) is 13.2 Å². The minimum Gasteiger partial charge on any atom is -0.103 e. The molecule has 0 aliphatic heterocycles. The molecule has 0 rings (SSSR count). The van der Waals surface area contributed by atoms with Crippen LogP contribution in [0.5, 0.6) is 0 Å². The molecule has 2 atom stereocenters. The summed E-state index contributed by atoms with van der Waals surface area (Å²) in [5.41, 5.74) is 1.38. The van der Waals surface area contributed by atoms with Gasteiger partial charge in [0.15, 0.2) is 0 Å². The molecule has 0 aromatic rings. The molecule has 0 heterocycles. The molecule has 12 heavy (non-hydrogen) atoms. The second kappa shape index (κ2) is 4.66. The number of hydrogen-bond acceptors (Lipinski definition) is 0. The molecule has 0 fully saturated rings. The molecule has 70 valence electrons. The summed E-state index contributed by atoms with van der Waals surface area (Å²) in [5, 5.41) is 0. The summed E-state index contributed by atoms with van der Waals surface area (Å²) in [6.07, 6.45) is 4.21. The zero-order valence-electron chi connectivity index (χ0n) is 8.93. The Bertz CT molecular complexity index is 146. The van der Waals surface area contributed by atoms with Crippen LogP contribution in [0.3, 0.4) is 0 Å². The average Bonchev–Trinajstić information content (AvgIpc) is 2.13. The fraction of sp³-hybridized carbons (Fsp3) is 0.636. The van der Waals surface area contributed by atoms with E-state index in [9.17, 15) is 0 Å². The van der Waals surface area contributed by atoms with Gasteiger partial charge >= 0.3 is 0 Å². The van der Waals surface area contributed by atoms with Gasteiger partial charge in [0.1, 0.15) is 0 Å². The monoisotopic (exact) mass is 182 g/mol. The third-order valence-electron chi connectivity index (χ3n) is 3.55. The third kappa shape index (κ3) is 2.10. The average molecular weight is 182 g/mol. The van der Waals surface area contributed by atoms with Gasteiger partial charge in [-0.25, -0.2) is 0 Å². The van der Waals surface area contributed by atoms with E-state index in [2.05, 4.69) is 52.6 Å². The zero-order chi connectivity index (χ0) is 9.78. The Balaban J connectivity index is 4.64. The summed E-state index contributed by atoms with van der Waals surface area (Å²) in [7, 11) is -1.17. The van der Waals surface area contributed by atoms with E-state index in [-0.39, 0.29) is 0 Å². The molecule has 0 spiro atoms. The van der Waals surface area contributed by atoms with Crippen molar-refractivity contribution >= 4 is 8.07 Å². The lowest BCUT2D eigenvalue weighted by Crippen LogP contribution is -2.37. The topological polar surface area (TPSA) is 0 Å². The highest BCUT2D eigenvalue weighted by Gasteiger charge is 2.33. The van der Waals surface area contributed by atoms with Crippen molar-refractivity contribution in [2.45, 2.75) is 44.4 Å². The first-order valence-corrected chi connectivity index (χ1v) is 7.64. The third-order valence-corrected chi connectivity index (χ3v) is 9.71. The van der Waals surface area contributed by atoms with Gasteiger partial charge in [0.05, 0.1) is 8.07 Å². The normalized spacial score (nSPS) is 20.7. The SMILES string of the molecule is C=CC(C)[Si](C)(CC)C(C)C=C. The fourth-order valence-corrected chi connectivity index (χ4v) is 4.79. The summed E-state index contributed by atoms with van der Waals surface area (Å²) >= 11 is 0. The van der Waals surface area contributed by atoms with Crippen LogP contribution in [-0.2, 0) is 0 Å². The van der Waals surface area contributed by atoms with E-state index in [4.69, 9.17) is 0 Å². The van der Waals surface area contributed by atoms with Crippen LogP contribution in [-0.4, -0.2) is 8.07 Å². The Hall–Kier alpha value is -0.303. The van der Waals surface area contributed by atoms with Gasteiger partial charge in [0, 0.05) is 0 Å². The lowest BCUT2D eigenvalue weighted by atomic mass is 10.4. The van der Waals surface area contributed by atoms with Crippen molar-refractivity contribution in [2.24, 2.45) is 0 Å². The molecule has 0 aromatic carbocycles. The first kappa shape index (κ1) is 11.7. The fourth-order valence-electron chi connectivity index (χ4n) is 1.60. The summed E-state index contributed by atoms with van der Waals surface area (Å²) in [5.74, 6) is 0. The van der Waals surface area contributed by atoms with Gasteiger partial charge in [0.25, 0.3) is 0 Å². The van der Waals surface area contributed by atoms with E-state index in [0.717, 1.165) is 0 Å². The maximum atomic E-state index is 3.89. The van der Waals surface area contributed by atoms with Gasteiger partial charge in [-0.3, -0.25) is 0 Å². The van der Waals surface area contributed by atoms with Crippen LogP contribution in [0.4, 0.5) is 0 Å². The maximum absolute atomic E-state index is 3.89. The largest absolute Gasteiger partial charge is 0.103 e. The van der Waals surface area contributed by atoms with Crippen molar-refractivity contribution < 1.29 is 0 Å². The predicted molar refractivity (Wildman–Crippen MR) is 61.3 cm³/mol. The van der Waals surface area contributed by atoms with Crippen molar-refractivity contribution in [3.8, 4) is 0 Å². The predicted octanol–water partition coefficient (Wildman–Crippen LogP) is 4.24. The van der Waals surface area contributed by atoms with Crippen molar-refractivity contribution in [3.05, 3.63) is 25.3 Å². The molecule has 0 amide bonds. The standard InChI is InChI=1S/C11H22Si/c1-7-10(4)12(6,9-3)11(5)8-2/h7-8,10-11H,1-2,9H2,3-6H3. The molecule has 0 saturated carbocycles. The van der Waals surface area contributed by atoms with Crippen LogP contribution in [0.1, 0.15) is 20.8 Å². The number of hydrogen-bond donors (Lipinski definition) is 0. The first-order chi connectivity index (χ1) is 5.52. The Morgan fingerprint density at radius 2 is 1.50 bits per heavy atom.